The predicted octanol–water partition coefficient (Wildman–Crippen LogP) is 4.05. The molecule has 0 aliphatic rings. The van der Waals surface area contributed by atoms with Crippen LogP contribution in [0.3, 0.4) is 0 Å². The van der Waals surface area contributed by atoms with Crippen LogP contribution in [0, 0.1) is 5.82 Å². The van der Waals surface area contributed by atoms with Crippen molar-refractivity contribution in [2.24, 2.45) is 0 Å². The van der Waals surface area contributed by atoms with Gasteiger partial charge in [0.25, 0.3) is 0 Å². The van der Waals surface area contributed by atoms with E-state index in [-0.39, 0.29) is 0 Å². The summed E-state index contributed by atoms with van der Waals surface area (Å²) in [6.45, 7) is 0. The van der Waals surface area contributed by atoms with E-state index in [2.05, 4.69) is 15.9 Å². The monoisotopic (exact) mass is 320 g/mol. The fraction of sp³-hybridized carbons (Fsp3) is 0.222. The summed E-state index contributed by atoms with van der Waals surface area (Å²) in [7, 11) is 0. The minimum absolute atomic E-state index is 0.323. The Kier molecular flexibility index (Phi) is 3.85. The molecule has 8 heteroatoms. The SMILES string of the molecule is O=C(c1c(F)ccc(C(F)(F)F)c1Br)C(F)F. The van der Waals surface area contributed by atoms with E-state index >= 15 is 0 Å². The summed E-state index contributed by atoms with van der Waals surface area (Å²) in [6.07, 6.45) is -8.45. The second-order valence-electron chi connectivity index (χ2n) is 2.95. The van der Waals surface area contributed by atoms with Crippen LogP contribution in [0.25, 0.3) is 0 Å². The van der Waals surface area contributed by atoms with Gasteiger partial charge in [-0.25, -0.2) is 13.2 Å². The molecule has 1 rings (SSSR count). The first kappa shape index (κ1) is 14.0. The Hall–Kier alpha value is -1.05. The molecule has 0 spiro atoms. The van der Waals surface area contributed by atoms with Crippen molar-refractivity contribution >= 4 is 21.7 Å². The van der Waals surface area contributed by atoms with Crippen molar-refractivity contribution in [1.29, 1.82) is 0 Å². The number of carbonyl (C=O) groups is 1. The van der Waals surface area contributed by atoms with Crippen LogP contribution in [-0.2, 0) is 6.18 Å². The first-order valence-electron chi connectivity index (χ1n) is 4.03. The smallest absolute Gasteiger partial charge is 0.288 e. The molecule has 0 heterocycles. The Balaban J connectivity index is 3.46. The molecular weight excluding hydrogens is 318 g/mol. The molecule has 1 aromatic carbocycles. The predicted molar refractivity (Wildman–Crippen MR) is 49.4 cm³/mol. The molecule has 17 heavy (non-hydrogen) atoms. The van der Waals surface area contributed by atoms with Gasteiger partial charge in [-0.05, 0) is 28.1 Å². The summed E-state index contributed by atoms with van der Waals surface area (Å²) in [4.78, 5) is 10.9. The quantitative estimate of drug-likeness (QED) is 0.593. The molecule has 0 saturated carbocycles. The lowest BCUT2D eigenvalue weighted by Gasteiger charge is -2.12. The van der Waals surface area contributed by atoms with Crippen molar-refractivity contribution in [3.05, 3.63) is 33.5 Å². The third-order valence-electron chi connectivity index (χ3n) is 1.84. The second-order valence-corrected chi connectivity index (χ2v) is 3.74. The van der Waals surface area contributed by atoms with Gasteiger partial charge in [-0.1, -0.05) is 0 Å². The molecule has 0 bridgehead atoms. The lowest BCUT2D eigenvalue weighted by atomic mass is 10.1. The van der Waals surface area contributed by atoms with E-state index < -0.39 is 39.8 Å². The number of carbonyl (C=O) groups excluding carboxylic acids is 1. The van der Waals surface area contributed by atoms with Gasteiger partial charge in [0.05, 0.1) is 11.1 Å². The molecular formula is C9H3BrF6O. The van der Waals surface area contributed by atoms with Gasteiger partial charge >= 0.3 is 12.6 Å². The normalized spacial score (nSPS) is 12.0. The Morgan fingerprint density at radius 2 is 1.76 bits per heavy atom. The number of hydrogen-bond acceptors (Lipinski definition) is 1. The zero-order valence-electron chi connectivity index (χ0n) is 7.79. The van der Waals surface area contributed by atoms with Crippen molar-refractivity contribution < 1.29 is 31.1 Å². The van der Waals surface area contributed by atoms with E-state index in [9.17, 15) is 31.1 Å². The lowest BCUT2D eigenvalue weighted by molar-refractivity contribution is -0.138. The van der Waals surface area contributed by atoms with E-state index in [1.807, 2.05) is 0 Å². The number of ketones is 1. The second kappa shape index (κ2) is 4.67. The summed E-state index contributed by atoms with van der Waals surface area (Å²) >= 11 is 2.32. The van der Waals surface area contributed by atoms with Crippen molar-refractivity contribution in [1.82, 2.24) is 0 Å². The van der Waals surface area contributed by atoms with Gasteiger partial charge in [-0.2, -0.15) is 13.2 Å². The number of hydrogen-bond donors (Lipinski definition) is 0. The summed E-state index contributed by atoms with van der Waals surface area (Å²) in [5.74, 6) is -3.43. The van der Waals surface area contributed by atoms with Gasteiger partial charge in [0.1, 0.15) is 5.82 Å². The van der Waals surface area contributed by atoms with Gasteiger partial charge in [-0.3, -0.25) is 4.79 Å². The molecule has 0 saturated heterocycles. The molecule has 0 aliphatic heterocycles. The van der Waals surface area contributed by atoms with Gasteiger partial charge in [0, 0.05) is 4.47 Å². The molecule has 0 amide bonds. The van der Waals surface area contributed by atoms with Gasteiger partial charge in [-0.15, -0.1) is 0 Å². The third-order valence-corrected chi connectivity index (χ3v) is 2.66. The zero-order valence-corrected chi connectivity index (χ0v) is 9.37. The average molecular weight is 321 g/mol. The summed E-state index contributed by atoms with van der Waals surface area (Å²) in [6, 6.07) is 0.685. The Morgan fingerprint density at radius 3 is 2.18 bits per heavy atom. The maximum absolute atomic E-state index is 13.1. The highest BCUT2D eigenvalue weighted by Gasteiger charge is 2.36. The van der Waals surface area contributed by atoms with Crippen molar-refractivity contribution in [3.8, 4) is 0 Å². The number of halogens is 7. The number of rotatable bonds is 2. The van der Waals surface area contributed by atoms with Crippen LogP contribution in [0.4, 0.5) is 26.3 Å². The molecule has 94 valence electrons. The standard InChI is InChI=1S/C9H3BrF6O/c10-6-3(9(14,15)16)1-2-4(11)5(6)7(17)8(12)13/h1-2,8H. The molecule has 0 atom stereocenters. The highest BCUT2D eigenvalue weighted by atomic mass is 79.9. The molecule has 0 unspecified atom stereocenters. The van der Waals surface area contributed by atoms with E-state index in [0.717, 1.165) is 0 Å². The lowest BCUT2D eigenvalue weighted by Crippen LogP contribution is -2.16. The van der Waals surface area contributed by atoms with E-state index in [4.69, 9.17) is 0 Å². The van der Waals surface area contributed by atoms with Crippen molar-refractivity contribution in [2.75, 3.05) is 0 Å². The molecule has 0 N–H and O–H groups in total. The Labute approximate surface area is 99.5 Å². The first-order valence-corrected chi connectivity index (χ1v) is 4.83. The van der Waals surface area contributed by atoms with E-state index in [1.165, 1.54) is 0 Å². The van der Waals surface area contributed by atoms with Crippen LogP contribution in [0.2, 0.25) is 0 Å². The van der Waals surface area contributed by atoms with Gasteiger partial charge < -0.3 is 0 Å². The maximum atomic E-state index is 13.1. The Morgan fingerprint density at radius 1 is 1.24 bits per heavy atom. The van der Waals surface area contributed by atoms with Crippen LogP contribution >= 0.6 is 15.9 Å². The summed E-state index contributed by atoms with van der Waals surface area (Å²) < 4.78 is 73.3. The van der Waals surface area contributed by atoms with E-state index in [1.54, 1.807) is 0 Å². The third kappa shape index (κ3) is 2.80. The van der Waals surface area contributed by atoms with Crippen LogP contribution in [0.1, 0.15) is 15.9 Å². The molecule has 0 aromatic heterocycles. The molecule has 0 fully saturated rings. The van der Waals surface area contributed by atoms with E-state index in [0.29, 0.717) is 12.1 Å². The molecule has 1 nitrogen and oxygen atoms in total. The largest absolute Gasteiger partial charge is 0.417 e. The number of benzene rings is 1. The topological polar surface area (TPSA) is 17.1 Å². The Bertz CT molecular complexity index is 454. The minimum atomic E-state index is -4.87. The number of Topliss-reactive ketones (excluding diaryl/α,β-unsaturated/α-hetero) is 1. The molecule has 0 radical (unpaired) electrons. The fourth-order valence-corrected chi connectivity index (χ4v) is 1.85. The van der Waals surface area contributed by atoms with Crippen molar-refractivity contribution in [3.63, 3.8) is 0 Å². The van der Waals surface area contributed by atoms with Gasteiger partial charge in [0.15, 0.2) is 0 Å². The summed E-state index contributed by atoms with van der Waals surface area (Å²) in [5, 5.41) is 0. The molecule has 1 aromatic rings. The molecule has 0 aliphatic carbocycles. The van der Waals surface area contributed by atoms with Crippen LogP contribution in [-0.4, -0.2) is 12.2 Å². The average Bonchev–Trinajstić information content (AvgIpc) is 2.14. The minimum Gasteiger partial charge on any atom is -0.288 e. The van der Waals surface area contributed by atoms with Crippen LogP contribution < -0.4 is 0 Å². The van der Waals surface area contributed by atoms with Crippen LogP contribution in [0.15, 0.2) is 16.6 Å². The van der Waals surface area contributed by atoms with Crippen LogP contribution in [0.5, 0.6) is 0 Å². The van der Waals surface area contributed by atoms with Crippen molar-refractivity contribution in [2.45, 2.75) is 12.6 Å². The summed E-state index contributed by atoms with van der Waals surface area (Å²) in [5.41, 5.74) is -2.68. The fourth-order valence-electron chi connectivity index (χ4n) is 1.11. The maximum Gasteiger partial charge on any atom is 0.417 e. The van der Waals surface area contributed by atoms with Gasteiger partial charge in [0.2, 0.25) is 5.78 Å². The highest BCUT2D eigenvalue weighted by molar-refractivity contribution is 9.10. The first-order chi connectivity index (χ1) is 7.66. The highest BCUT2D eigenvalue weighted by Crippen LogP contribution is 2.37. The number of alkyl halides is 5. The zero-order chi connectivity index (χ0) is 13.4.